The van der Waals surface area contributed by atoms with E-state index in [9.17, 15) is 23.9 Å². The van der Waals surface area contributed by atoms with Crippen LogP contribution in [-0.2, 0) is 9.59 Å². The number of rotatable bonds is 6. The van der Waals surface area contributed by atoms with E-state index in [2.05, 4.69) is 0 Å². The number of carboxylic acid groups (broad SMARTS) is 1. The number of hydrogen-bond donors (Lipinski definition) is 1. The summed E-state index contributed by atoms with van der Waals surface area (Å²) in [5.74, 6) is -4.18. The minimum absolute atomic E-state index is 0.226. The van der Waals surface area contributed by atoms with E-state index < -0.39 is 35.2 Å². The van der Waals surface area contributed by atoms with Crippen molar-refractivity contribution in [3.8, 4) is 0 Å². The van der Waals surface area contributed by atoms with Crippen LogP contribution in [0.25, 0.3) is 0 Å². The number of amides is 1. The second kappa shape index (κ2) is 10.4. The first-order chi connectivity index (χ1) is 18.6. The molecule has 6 heteroatoms. The number of Topliss-reactive ketones (excluding diaryl/α,β-unsaturated/α-hetero) is 1. The zero-order chi connectivity index (χ0) is 27.9. The molecule has 1 heterocycles. The van der Waals surface area contributed by atoms with Gasteiger partial charge < -0.3 is 10.0 Å². The third-order valence-electron chi connectivity index (χ3n) is 8.68. The highest BCUT2D eigenvalue weighted by Gasteiger charge is 2.65. The summed E-state index contributed by atoms with van der Waals surface area (Å²) < 4.78 is 14.0. The first-order valence-corrected chi connectivity index (χ1v) is 13.6. The van der Waals surface area contributed by atoms with Gasteiger partial charge in [0.1, 0.15) is 11.4 Å². The van der Waals surface area contributed by atoms with Crippen LogP contribution < -0.4 is 0 Å². The molecule has 4 unspecified atom stereocenters. The molecule has 1 N–H and O–H groups in total. The molecule has 5 nitrogen and oxygen atoms in total. The van der Waals surface area contributed by atoms with Gasteiger partial charge in [0.15, 0.2) is 5.78 Å². The molecule has 1 aliphatic carbocycles. The summed E-state index contributed by atoms with van der Waals surface area (Å²) in [4.78, 5) is 43.7. The monoisotopic (exact) mass is 527 g/mol. The lowest BCUT2D eigenvalue weighted by atomic mass is 9.71. The van der Waals surface area contributed by atoms with E-state index >= 15 is 0 Å². The number of nitrogens with zero attached hydrogens (tertiary/aromatic N) is 1. The second-order valence-electron chi connectivity index (χ2n) is 11.3. The number of halogens is 1. The summed E-state index contributed by atoms with van der Waals surface area (Å²) in [5.41, 5.74) is 1.83. The Labute approximate surface area is 228 Å². The van der Waals surface area contributed by atoms with Crippen LogP contribution in [0.15, 0.2) is 72.8 Å². The average Bonchev–Trinajstić information content (AvgIpc) is 3.54. The van der Waals surface area contributed by atoms with Crippen molar-refractivity contribution in [2.45, 2.75) is 64.0 Å². The van der Waals surface area contributed by atoms with Gasteiger partial charge in [0.2, 0.25) is 5.91 Å². The van der Waals surface area contributed by atoms with Crippen LogP contribution in [0.3, 0.4) is 0 Å². The first kappa shape index (κ1) is 26.8. The van der Waals surface area contributed by atoms with Crippen LogP contribution in [0, 0.1) is 31.5 Å². The summed E-state index contributed by atoms with van der Waals surface area (Å²) in [7, 11) is 0. The molecule has 4 atom stereocenters. The molecule has 0 spiro atoms. The summed E-state index contributed by atoms with van der Waals surface area (Å²) in [6, 6.07) is 19.7. The van der Waals surface area contributed by atoms with Gasteiger partial charge in [-0.3, -0.25) is 9.59 Å². The van der Waals surface area contributed by atoms with Gasteiger partial charge in [-0.15, -0.1) is 0 Å². The molecule has 3 aromatic rings. The van der Waals surface area contributed by atoms with Crippen LogP contribution >= 0.6 is 0 Å². The van der Waals surface area contributed by atoms with Crippen molar-refractivity contribution in [3.63, 3.8) is 0 Å². The highest BCUT2D eigenvalue weighted by atomic mass is 19.1. The number of benzene rings is 3. The van der Waals surface area contributed by atoms with Crippen molar-refractivity contribution in [2.24, 2.45) is 11.8 Å². The Morgan fingerprint density at radius 3 is 2.08 bits per heavy atom. The number of carbonyl (C=O) groups is 3. The highest BCUT2D eigenvalue weighted by molar-refractivity contribution is 6.02. The molecule has 1 aliphatic heterocycles. The van der Waals surface area contributed by atoms with Crippen molar-refractivity contribution in [1.29, 1.82) is 0 Å². The number of aliphatic carboxylic acids is 1. The van der Waals surface area contributed by atoms with E-state index in [0.717, 1.165) is 29.5 Å². The molecule has 0 bridgehead atoms. The summed E-state index contributed by atoms with van der Waals surface area (Å²) in [6.07, 6.45) is 3.22. The molecule has 0 radical (unpaired) electrons. The zero-order valence-electron chi connectivity index (χ0n) is 22.6. The molecular formula is C33H34FNO4. The van der Waals surface area contributed by atoms with E-state index in [4.69, 9.17) is 0 Å². The lowest BCUT2D eigenvalue weighted by Crippen LogP contribution is -2.55. The molecular weight excluding hydrogens is 493 g/mol. The van der Waals surface area contributed by atoms with Crippen molar-refractivity contribution >= 4 is 17.7 Å². The summed E-state index contributed by atoms with van der Waals surface area (Å²) >= 11 is 0. The lowest BCUT2D eigenvalue weighted by Gasteiger charge is -2.39. The Morgan fingerprint density at radius 1 is 0.872 bits per heavy atom. The van der Waals surface area contributed by atoms with E-state index in [1.165, 1.54) is 17.0 Å². The number of carboxylic acids is 1. The van der Waals surface area contributed by atoms with Crippen molar-refractivity contribution in [1.82, 2.24) is 4.90 Å². The van der Waals surface area contributed by atoms with E-state index in [-0.39, 0.29) is 17.6 Å². The van der Waals surface area contributed by atoms with Crippen molar-refractivity contribution < 1.29 is 23.9 Å². The van der Waals surface area contributed by atoms with Crippen LogP contribution in [0.1, 0.15) is 77.2 Å². The third-order valence-corrected chi connectivity index (χ3v) is 8.68. The number of hydrogen-bond acceptors (Lipinski definition) is 3. The Hall–Kier alpha value is -3.80. The number of carbonyl (C=O) groups excluding carboxylic acids is 2. The van der Waals surface area contributed by atoms with Gasteiger partial charge in [0, 0.05) is 17.4 Å². The molecule has 5 rings (SSSR count). The second-order valence-corrected chi connectivity index (χ2v) is 11.3. The minimum atomic E-state index is -1.74. The van der Waals surface area contributed by atoms with Crippen LogP contribution in [-0.4, -0.2) is 33.2 Å². The predicted octanol–water partition coefficient (Wildman–Crippen LogP) is 6.64. The van der Waals surface area contributed by atoms with Crippen LogP contribution in [0.4, 0.5) is 4.39 Å². The molecule has 1 saturated carbocycles. The molecule has 2 fully saturated rings. The zero-order valence-corrected chi connectivity index (χ0v) is 22.6. The lowest BCUT2D eigenvalue weighted by molar-refractivity contribution is -0.159. The van der Waals surface area contributed by atoms with Gasteiger partial charge in [-0.1, -0.05) is 78.6 Å². The fourth-order valence-electron chi connectivity index (χ4n) is 6.80. The Morgan fingerprint density at radius 2 is 1.49 bits per heavy atom. The number of aryl methyl sites for hydroxylation is 2. The standard InChI is InChI=1S/C33H34FNO4/c1-20-8-6-12-24(18-20)29-27(30(36)25-13-7-9-21(2)19-25)28(22-14-16-26(34)17-15-22)33(3,32(38)39)35(29)31(37)23-10-4-5-11-23/h6-9,12-19,23,27-29H,4-5,10-11H2,1-3H3,(H,38,39). The van der Waals surface area contributed by atoms with Gasteiger partial charge in [0.25, 0.3) is 0 Å². The van der Waals surface area contributed by atoms with E-state index in [1.54, 1.807) is 31.2 Å². The quantitative estimate of drug-likeness (QED) is 0.365. The van der Waals surface area contributed by atoms with Crippen LogP contribution in [0.5, 0.6) is 0 Å². The topological polar surface area (TPSA) is 74.7 Å². The summed E-state index contributed by atoms with van der Waals surface area (Å²) in [6.45, 7) is 5.40. The smallest absolute Gasteiger partial charge is 0.330 e. The van der Waals surface area contributed by atoms with Gasteiger partial charge >= 0.3 is 5.97 Å². The molecule has 3 aromatic carbocycles. The molecule has 202 valence electrons. The third kappa shape index (κ3) is 4.66. The minimum Gasteiger partial charge on any atom is -0.479 e. The van der Waals surface area contributed by atoms with Gasteiger partial charge in [0.05, 0.1) is 12.0 Å². The summed E-state index contributed by atoms with van der Waals surface area (Å²) in [5, 5.41) is 10.9. The highest BCUT2D eigenvalue weighted by Crippen LogP contribution is 2.57. The van der Waals surface area contributed by atoms with Gasteiger partial charge in [-0.05, 0) is 62.9 Å². The van der Waals surface area contributed by atoms with E-state index in [1.807, 2.05) is 50.2 Å². The maximum Gasteiger partial charge on any atom is 0.330 e. The Bertz CT molecular complexity index is 1410. The average molecular weight is 528 g/mol. The molecule has 39 heavy (non-hydrogen) atoms. The SMILES string of the molecule is Cc1cccc(C(=O)C2C(c3cccc(C)c3)N(C(=O)C3CCCC3)C(C)(C(=O)O)C2c2ccc(F)cc2)c1. The van der Waals surface area contributed by atoms with Crippen molar-refractivity contribution in [3.05, 3.63) is 106 Å². The molecule has 1 amide bonds. The molecule has 2 aliphatic rings. The number of likely N-dealkylation sites (tertiary alicyclic amines) is 1. The molecule has 0 aromatic heterocycles. The maximum absolute atomic E-state index is 14.5. The molecule has 1 saturated heterocycles. The van der Waals surface area contributed by atoms with Crippen LogP contribution in [0.2, 0.25) is 0 Å². The van der Waals surface area contributed by atoms with Gasteiger partial charge in [-0.25, -0.2) is 9.18 Å². The maximum atomic E-state index is 14.5. The predicted molar refractivity (Wildman–Crippen MR) is 147 cm³/mol. The Balaban J connectivity index is 1.80. The fourth-order valence-corrected chi connectivity index (χ4v) is 6.80. The van der Waals surface area contributed by atoms with E-state index in [0.29, 0.717) is 24.0 Å². The first-order valence-electron chi connectivity index (χ1n) is 13.6. The normalized spacial score (nSPS) is 25.1. The largest absolute Gasteiger partial charge is 0.479 e. The van der Waals surface area contributed by atoms with Crippen molar-refractivity contribution in [2.75, 3.05) is 0 Å². The Kier molecular flexibility index (Phi) is 7.15. The number of ketones is 1. The fraction of sp³-hybridized carbons (Fsp3) is 0.364. The van der Waals surface area contributed by atoms with Gasteiger partial charge in [-0.2, -0.15) is 0 Å².